The topological polar surface area (TPSA) is 50.2 Å². The molecule has 3 rings (SSSR count). The van der Waals surface area contributed by atoms with Gasteiger partial charge in [0.05, 0.1) is 0 Å². The minimum atomic E-state index is -0.185. The molecule has 1 aromatic carbocycles. The Morgan fingerprint density at radius 2 is 2.08 bits per heavy atom. The van der Waals surface area contributed by atoms with Crippen molar-refractivity contribution in [3.05, 3.63) is 54.1 Å². The molecule has 1 atom stereocenters. The molecule has 24 heavy (non-hydrogen) atoms. The van der Waals surface area contributed by atoms with E-state index in [1.165, 1.54) is 5.56 Å². The van der Waals surface area contributed by atoms with Crippen LogP contribution in [0.2, 0.25) is 0 Å². The van der Waals surface area contributed by atoms with E-state index < -0.39 is 0 Å². The molecular weight excluding hydrogens is 300 g/mol. The van der Waals surface area contributed by atoms with E-state index in [2.05, 4.69) is 36.3 Å². The van der Waals surface area contributed by atoms with Crippen molar-refractivity contribution < 1.29 is 4.79 Å². The van der Waals surface area contributed by atoms with Gasteiger partial charge in [0.1, 0.15) is 11.9 Å². The summed E-state index contributed by atoms with van der Waals surface area (Å²) in [6.07, 6.45) is 4.22. The number of hydrogen-bond donors (Lipinski definition) is 1. The zero-order valence-corrected chi connectivity index (χ0v) is 14.7. The Hall–Kier alpha value is -2.14. The second-order valence-corrected chi connectivity index (χ2v) is 7.13. The van der Waals surface area contributed by atoms with E-state index in [0.29, 0.717) is 6.42 Å². The second kappa shape index (κ2) is 6.77. The quantitative estimate of drug-likeness (QED) is 0.938. The number of nitrogens with zero attached hydrogens (tertiary/aromatic N) is 3. The molecule has 1 aliphatic heterocycles. The van der Waals surface area contributed by atoms with Crippen LogP contribution < -0.4 is 5.32 Å². The largest absolute Gasteiger partial charge is 0.336 e. The summed E-state index contributed by atoms with van der Waals surface area (Å²) in [5.74, 6) is 1.13. The van der Waals surface area contributed by atoms with Crippen molar-refractivity contribution in [2.45, 2.75) is 31.7 Å². The molecule has 0 saturated carbocycles. The van der Waals surface area contributed by atoms with Gasteiger partial charge in [-0.1, -0.05) is 44.2 Å². The normalized spacial score (nSPS) is 18.6. The first kappa shape index (κ1) is 16.7. The van der Waals surface area contributed by atoms with Gasteiger partial charge in [-0.15, -0.1) is 0 Å². The Labute approximate surface area is 143 Å². The molecule has 1 fully saturated rings. The molecule has 0 radical (unpaired) electrons. The zero-order chi connectivity index (χ0) is 17.2. The molecule has 2 aromatic rings. The molecule has 0 bridgehead atoms. The first-order valence-corrected chi connectivity index (χ1v) is 8.52. The smallest absolute Gasteiger partial charge is 0.224 e. The first-order chi connectivity index (χ1) is 11.5. The van der Waals surface area contributed by atoms with Crippen molar-refractivity contribution in [2.24, 2.45) is 7.05 Å². The van der Waals surface area contributed by atoms with Crippen molar-refractivity contribution in [2.75, 3.05) is 19.6 Å². The minimum Gasteiger partial charge on any atom is -0.336 e. The number of imidazole rings is 1. The molecule has 1 unspecified atom stereocenters. The maximum atomic E-state index is 13.1. The van der Waals surface area contributed by atoms with E-state index in [1.807, 2.05) is 40.9 Å². The van der Waals surface area contributed by atoms with Gasteiger partial charge in [0, 0.05) is 45.5 Å². The predicted molar refractivity (Wildman–Crippen MR) is 94.6 cm³/mol. The van der Waals surface area contributed by atoms with Crippen molar-refractivity contribution in [3.63, 3.8) is 0 Å². The Balaban J connectivity index is 1.79. The van der Waals surface area contributed by atoms with Crippen LogP contribution in [0.25, 0.3) is 0 Å². The van der Waals surface area contributed by atoms with Crippen molar-refractivity contribution in [1.29, 1.82) is 0 Å². The Kier molecular flexibility index (Phi) is 4.71. The molecule has 5 nitrogen and oxygen atoms in total. The minimum absolute atomic E-state index is 0.00202. The van der Waals surface area contributed by atoms with Crippen molar-refractivity contribution in [3.8, 4) is 0 Å². The monoisotopic (exact) mass is 326 g/mol. The van der Waals surface area contributed by atoms with Crippen LogP contribution in [0.1, 0.15) is 37.7 Å². The number of carbonyl (C=O) groups is 1. The maximum absolute atomic E-state index is 13.1. The summed E-state index contributed by atoms with van der Waals surface area (Å²) < 4.78 is 2.00. The number of hydrogen-bond acceptors (Lipinski definition) is 3. The van der Waals surface area contributed by atoms with Crippen LogP contribution in [0.15, 0.2) is 42.7 Å². The summed E-state index contributed by atoms with van der Waals surface area (Å²) in [6, 6.07) is 10.3. The lowest BCUT2D eigenvalue weighted by molar-refractivity contribution is -0.136. The van der Waals surface area contributed by atoms with Gasteiger partial charge in [0.25, 0.3) is 0 Å². The molecule has 1 aliphatic rings. The number of piperazine rings is 1. The van der Waals surface area contributed by atoms with Gasteiger partial charge < -0.3 is 14.8 Å². The predicted octanol–water partition coefficient (Wildman–Crippen LogP) is 2.26. The fraction of sp³-hybridized carbons (Fsp3) is 0.474. The van der Waals surface area contributed by atoms with Gasteiger partial charge in [0.2, 0.25) is 5.91 Å². The molecule has 0 spiro atoms. The van der Waals surface area contributed by atoms with Crippen molar-refractivity contribution >= 4 is 5.91 Å². The van der Waals surface area contributed by atoms with E-state index in [-0.39, 0.29) is 17.4 Å². The van der Waals surface area contributed by atoms with Crippen LogP contribution in [0.3, 0.4) is 0 Å². The number of benzene rings is 1. The SMILES string of the molecule is Cn1ccnc1C1CNCCN1C(=O)CC(C)(C)c1ccccc1. The van der Waals surface area contributed by atoms with Gasteiger partial charge in [-0.25, -0.2) is 4.98 Å². The Morgan fingerprint density at radius 1 is 1.33 bits per heavy atom. The highest BCUT2D eigenvalue weighted by Crippen LogP contribution is 2.30. The molecular formula is C19H26N4O. The number of aryl methyl sites for hydroxylation is 1. The third-order valence-electron chi connectivity index (χ3n) is 4.87. The summed E-state index contributed by atoms with van der Waals surface area (Å²) >= 11 is 0. The van der Waals surface area contributed by atoms with E-state index >= 15 is 0 Å². The molecule has 1 aromatic heterocycles. The molecule has 5 heteroatoms. The highest BCUT2D eigenvalue weighted by Gasteiger charge is 2.33. The number of carbonyl (C=O) groups excluding carboxylic acids is 1. The van der Waals surface area contributed by atoms with Crippen molar-refractivity contribution in [1.82, 2.24) is 19.8 Å². The molecule has 1 N–H and O–H groups in total. The molecule has 1 amide bonds. The summed E-state index contributed by atoms with van der Waals surface area (Å²) in [5, 5.41) is 3.38. The van der Waals surface area contributed by atoms with Gasteiger partial charge in [0.15, 0.2) is 0 Å². The third kappa shape index (κ3) is 3.36. The standard InChI is InChI=1S/C19H26N4O/c1-19(2,15-7-5-4-6-8-15)13-17(24)23-12-9-20-14-16(23)18-21-10-11-22(18)3/h4-8,10-11,16,20H,9,12-14H2,1-3H3. The van der Waals surface area contributed by atoms with Gasteiger partial charge in [-0.3, -0.25) is 4.79 Å². The van der Waals surface area contributed by atoms with Crippen LogP contribution >= 0.6 is 0 Å². The summed E-state index contributed by atoms with van der Waals surface area (Å²) in [7, 11) is 1.98. The lowest BCUT2D eigenvalue weighted by atomic mass is 9.81. The third-order valence-corrected chi connectivity index (χ3v) is 4.87. The van der Waals surface area contributed by atoms with Gasteiger partial charge in [-0.05, 0) is 11.0 Å². The van der Waals surface area contributed by atoms with Crippen LogP contribution in [0.5, 0.6) is 0 Å². The van der Waals surface area contributed by atoms with Crippen LogP contribution in [-0.4, -0.2) is 40.0 Å². The van der Waals surface area contributed by atoms with E-state index in [1.54, 1.807) is 6.20 Å². The molecule has 128 valence electrons. The second-order valence-electron chi connectivity index (χ2n) is 7.13. The average molecular weight is 326 g/mol. The fourth-order valence-corrected chi connectivity index (χ4v) is 3.40. The maximum Gasteiger partial charge on any atom is 0.224 e. The van der Waals surface area contributed by atoms with Gasteiger partial charge >= 0.3 is 0 Å². The van der Waals surface area contributed by atoms with Crippen LogP contribution in [0.4, 0.5) is 0 Å². The van der Waals surface area contributed by atoms with Crippen LogP contribution in [0, 0.1) is 0 Å². The highest BCUT2D eigenvalue weighted by atomic mass is 16.2. The number of rotatable bonds is 4. The van der Waals surface area contributed by atoms with E-state index in [4.69, 9.17) is 0 Å². The first-order valence-electron chi connectivity index (χ1n) is 8.52. The Morgan fingerprint density at radius 3 is 2.75 bits per heavy atom. The van der Waals surface area contributed by atoms with E-state index in [9.17, 15) is 4.79 Å². The number of amides is 1. The lowest BCUT2D eigenvalue weighted by Crippen LogP contribution is -2.50. The molecule has 1 saturated heterocycles. The zero-order valence-electron chi connectivity index (χ0n) is 14.7. The molecule has 2 heterocycles. The summed E-state index contributed by atoms with van der Waals surface area (Å²) in [4.78, 5) is 19.5. The highest BCUT2D eigenvalue weighted by molar-refractivity contribution is 5.78. The Bertz CT molecular complexity index is 692. The fourth-order valence-electron chi connectivity index (χ4n) is 3.40. The molecule has 0 aliphatic carbocycles. The summed E-state index contributed by atoms with van der Waals surface area (Å²) in [5.41, 5.74) is 1.01. The summed E-state index contributed by atoms with van der Waals surface area (Å²) in [6.45, 7) is 6.58. The van der Waals surface area contributed by atoms with Crippen LogP contribution in [-0.2, 0) is 17.3 Å². The lowest BCUT2D eigenvalue weighted by Gasteiger charge is -2.38. The van der Waals surface area contributed by atoms with E-state index in [0.717, 1.165) is 25.5 Å². The number of nitrogens with one attached hydrogen (secondary N) is 1. The van der Waals surface area contributed by atoms with Gasteiger partial charge in [-0.2, -0.15) is 0 Å². The number of aromatic nitrogens is 2. The average Bonchev–Trinajstić information content (AvgIpc) is 3.01.